The van der Waals surface area contributed by atoms with Gasteiger partial charge in [-0.25, -0.2) is 4.79 Å². The molecule has 1 aromatic heterocycles. The van der Waals surface area contributed by atoms with Crippen molar-refractivity contribution in [1.82, 2.24) is 4.57 Å². The van der Waals surface area contributed by atoms with Crippen molar-refractivity contribution in [3.63, 3.8) is 0 Å². The number of rotatable bonds is 5. The van der Waals surface area contributed by atoms with E-state index in [9.17, 15) is 9.59 Å². The molecule has 6 heteroatoms. The summed E-state index contributed by atoms with van der Waals surface area (Å²) in [5.74, 6) is -0.792. The molecular formula is C25H21ClN2O3. The standard InChI is InChI=1S/C25H21ClN2O3/c1-28-11-10-18-13-17(8-9-23(18)28)19-14-20(25(30)31-2)22(15-21(19)26)27-24(29)12-16-6-4-3-5-7-16/h3-11,13-15H,12H2,1-2H3,(H,27,29). The summed E-state index contributed by atoms with van der Waals surface area (Å²) in [6.45, 7) is 0. The zero-order valence-corrected chi connectivity index (χ0v) is 17.9. The number of carbonyl (C=O) groups excluding carboxylic acids is 2. The van der Waals surface area contributed by atoms with Crippen LogP contribution in [0, 0.1) is 0 Å². The topological polar surface area (TPSA) is 60.3 Å². The third-order valence-electron chi connectivity index (χ3n) is 5.19. The summed E-state index contributed by atoms with van der Waals surface area (Å²) in [4.78, 5) is 25.0. The summed E-state index contributed by atoms with van der Waals surface area (Å²) in [5, 5.41) is 4.29. The highest BCUT2D eigenvalue weighted by Gasteiger charge is 2.19. The first-order valence-electron chi connectivity index (χ1n) is 9.77. The average molecular weight is 433 g/mol. The third kappa shape index (κ3) is 4.32. The van der Waals surface area contributed by atoms with Crippen LogP contribution in [0.5, 0.6) is 0 Å². The number of ether oxygens (including phenoxy) is 1. The molecule has 0 saturated carbocycles. The Balaban J connectivity index is 1.70. The number of aryl methyl sites for hydroxylation is 1. The highest BCUT2D eigenvalue weighted by molar-refractivity contribution is 6.34. The molecule has 0 bridgehead atoms. The summed E-state index contributed by atoms with van der Waals surface area (Å²) in [6, 6.07) is 20.6. The monoisotopic (exact) mass is 432 g/mol. The molecule has 3 aromatic carbocycles. The van der Waals surface area contributed by atoms with Gasteiger partial charge in [-0.05, 0) is 41.5 Å². The molecule has 4 rings (SSSR count). The number of halogens is 1. The van der Waals surface area contributed by atoms with Gasteiger partial charge in [0, 0.05) is 29.7 Å². The lowest BCUT2D eigenvalue weighted by atomic mass is 10.00. The molecule has 156 valence electrons. The number of methoxy groups -OCH3 is 1. The van der Waals surface area contributed by atoms with Gasteiger partial charge in [0.05, 0.1) is 29.8 Å². The number of aromatic nitrogens is 1. The lowest BCUT2D eigenvalue weighted by Gasteiger charge is -2.14. The van der Waals surface area contributed by atoms with Gasteiger partial charge in [0.1, 0.15) is 0 Å². The van der Waals surface area contributed by atoms with E-state index in [1.807, 2.05) is 72.4 Å². The Morgan fingerprint density at radius 3 is 2.55 bits per heavy atom. The molecule has 4 aromatic rings. The second-order valence-electron chi connectivity index (χ2n) is 7.28. The fourth-order valence-electron chi connectivity index (χ4n) is 3.60. The Bertz CT molecular complexity index is 1280. The van der Waals surface area contributed by atoms with Gasteiger partial charge in [0.25, 0.3) is 0 Å². The lowest BCUT2D eigenvalue weighted by molar-refractivity contribution is -0.115. The first-order valence-corrected chi connectivity index (χ1v) is 10.1. The molecule has 0 aliphatic heterocycles. The van der Waals surface area contributed by atoms with Crippen molar-refractivity contribution in [2.75, 3.05) is 12.4 Å². The van der Waals surface area contributed by atoms with Gasteiger partial charge in [0.15, 0.2) is 0 Å². The molecular weight excluding hydrogens is 412 g/mol. The Hall–Kier alpha value is -3.57. The number of amides is 1. The Labute approximate surface area is 185 Å². The maximum Gasteiger partial charge on any atom is 0.339 e. The van der Waals surface area contributed by atoms with Crippen molar-refractivity contribution in [3.05, 3.63) is 89.1 Å². The smallest absolute Gasteiger partial charge is 0.339 e. The molecule has 0 aliphatic carbocycles. The van der Waals surface area contributed by atoms with Crippen LogP contribution in [-0.4, -0.2) is 23.6 Å². The number of nitrogens with one attached hydrogen (secondary N) is 1. The minimum absolute atomic E-state index is 0.186. The second-order valence-corrected chi connectivity index (χ2v) is 7.69. The van der Waals surface area contributed by atoms with Crippen LogP contribution in [0.15, 0.2) is 72.9 Å². The van der Waals surface area contributed by atoms with Crippen molar-refractivity contribution < 1.29 is 14.3 Å². The molecule has 0 saturated heterocycles. The molecule has 0 aliphatic rings. The highest BCUT2D eigenvalue weighted by Crippen LogP contribution is 2.35. The van der Waals surface area contributed by atoms with Crippen molar-refractivity contribution in [2.45, 2.75) is 6.42 Å². The van der Waals surface area contributed by atoms with Crippen LogP contribution in [-0.2, 0) is 23.0 Å². The number of esters is 1. The van der Waals surface area contributed by atoms with Crippen LogP contribution in [0.1, 0.15) is 15.9 Å². The van der Waals surface area contributed by atoms with Crippen molar-refractivity contribution in [1.29, 1.82) is 0 Å². The van der Waals surface area contributed by atoms with E-state index in [0.717, 1.165) is 22.0 Å². The summed E-state index contributed by atoms with van der Waals surface area (Å²) < 4.78 is 6.98. The Morgan fingerprint density at radius 1 is 1.03 bits per heavy atom. The minimum atomic E-state index is -0.547. The molecule has 1 amide bonds. The fourth-order valence-corrected chi connectivity index (χ4v) is 3.87. The maximum absolute atomic E-state index is 12.6. The first kappa shape index (κ1) is 20.7. The van der Waals surface area contributed by atoms with Crippen LogP contribution < -0.4 is 5.32 Å². The third-order valence-corrected chi connectivity index (χ3v) is 5.50. The van der Waals surface area contributed by atoms with Crippen LogP contribution in [0.4, 0.5) is 5.69 Å². The van der Waals surface area contributed by atoms with E-state index in [1.54, 1.807) is 12.1 Å². The fraction of sp³-hybridized carbons (Fsp3) is 0.120. The van der Waals surface area contributed by atoms with E-state index in [4.69, 9.17) is 16.3 Å². The molecule has 31 heavy (non-hydrogen) atoms. The van der Waals surface area contributed by atoms with Crippen LogP contribution in [0.3, 0.4) is 0 Å². The molecule has 0 spiro atoms. The Morgan fingerprint density at radius 2 is 1.81 bits per heavy atom. The first-order chi connectivity index (χ1) is 15.0. The lowest BCUT2D eigenvalue weighted by Crippen LogP contribution is -2.17. The van der Waals surface area contributed by atoms with Gasteiger partial charge >= 0.3 is 5.97 Å². The number of nitrogens with zero attached hydrogens (tertiary/aromatic N) is 1. The number of hydrogen-bond acceptors (Lipinski definition) is 3. The molecule has 1 N–H and O–H groups in total. The van der Waals surface area contributed by atoms with E-state index < -0.39 is 5.97 Å². The largest absolute Gasteiger partial charge is 0.465 e. The van der Waals surface area contributed by atoms with E-state index in [-0.39, 0.29) is 17.9 Å². The van der Waals surface area contributed by atoms with Gasteiger partial charge in [-0.15, -0.1) is 0 Å². The molecule has 5 nitrogen and oxygen atoms in total. The van der Waals surface area contributed by atoms with Crippen molar-refractivity contribution in [2.24, 2.45) is 7.05 Å². The predicted molar refractivity (Wildman–Crippen MR) is 123 cm³/mol. The van der Waals surface area contributed by atoms with E-state index in [0.29, 0.717) is 16.3 Å². The number of anilines is 1. The van der Waals surface area contributed by atoms with Crippen molar-refractivity contribution >= 4 is 40.1 Å². The second kappa shape index (κ2) is 8.66. The van der Waals surface area contributed by atoms with Gasteiger partial charge in [-0.1, -0.05) is 48.0 Å². The van der Waals surface area contributed by atoms with E-state index in [2.05, 4.69) is 5.32 Å². The summed E-state index contributed by atoms with van der Waals surface area (Å²) in [5.41, 5.74) is 4.10. The summed E-state index contributed by atoms with van der Waals surface area (Å²) >= 11 is 6.58. The SMILES string of the molecule is COC(=O)c1cc(-c2ccc3c(ccn3C)c2)c(Cl)cc1NC(=O)Cc1ccccc1. The summed E-state index contributed by atoms with van der Waals surface area (Å²) in [7, 11) is 3.29. The highest BCUT2D eigenvalue weighted by atomic mass is 35.5. The predicted octanol–water partition coefficient (Wildman–Crippen LogP) is 5.47. The summed E-state index contributed by atoms with van der Waals surface area (Å²) in [6.07, 6.45) is 2.17. The van der Waals surface area contributed by atoms with Gasteiger partial charge in [0.2, 0.25) is 5.91 Å². The number of hydrogen-bond donors (Lipinski definition) is 1. The van der Waals surface area contributed by atoms with E-state index >= 15 is 0 Å². The molecule has 0 unspecified atom stereocenters. The molecule has 0 fully saturated rings. The molecule has 0 radical (unpaired) electrons. The zero-order valence-electron chi connectivity index (χ0n) is 17.2. The molecule has 1 heterocycles. The zero-order chi connectivity index (χ0) is 22.0. The number of carbonyl (C=O) groups is 2. The van der Waals surface area contributed by atoms with Gasteiger partial charge in [-0.3, -0.25) is 4.79 Å². The van der Waals surface area contributed by atoms with Gasteiger partial charge in [-0.2, -0.15) is 0 Å². The normalized spacial score (nSPS) is 10.8. The quantitative estimate of drug-likeness (QED) is 0.425. The van der Waals surface area contributed by atoms with Crippen LogP contribution in [0.2, 0.25) is 5.02 Å². The number of fused-ring (bicyclic) bond motifs is 1. The molecule has 0 atom stereocenters. The van der Waals surface area contributed by atoms with Gasteiger partial charge < -0.3 is 14.6 Å². The Kier molecular flexibility index (Phi) is 5.78. The van der Waals surface area contributed by atoms with Crippen LogP contribution in [0.25, 0.3) is 22.0 Å². The van der Waals surface area contributed by atoms with Crippen molar-refractivity contribution in [3.8, 4) is 11.1 Å². The average Bonchev–Trinajstić information content (AvgIpc) is 3.14. The number of benzene rings is 3. The maximum atomic E-state index is 12.6. The minimum Gasteiger partial charge on any atom is -0.465 e. The van der Waals surface area contributed by atoms with E-state index in [1.165, 1.54) is 7.11 Å². The van der Waals surface area contributed by atoms with Crippen LogP contribution >= 0.6 is 11.6 Å².